The van der Waals surface area contributed by atoms with Crippen LogP contribution in [0.2, 0.25) is 0 Å². The number of nitrogens with two attached hydrogens (primary N) is 1. The van der Waals surface area contributed by atoms with Crippen molar-refractivity contribution >= 4 is 11.7 Å². The minimum atomic E-state index is -1.05. The predicted octanol–water partition coefficient (Wildman–Crippen LogP) is -0.376. The largest absolute Gasteiger partial charge is 0.385 e. The maximum absolute atomic E-state index is 11.5. The van der Waals surface area contributed by atoms with Crippen LogP contribution in [0.5, 0.6) is 0 Å². The van der Waals surface area contributed by atoms with Gasteiger partial charge in [-0.3, -0.25) is 9.59 Å². The number of hydrogen-bond donors (Lipinski definition) is 3. The zero-order valence-corrected chi connectivity index (χ0v) is 10.1. The van der Waals surface area contributed by atoms with E-state index in [4.69, 9.17) is 5.73 Å². The molecule has 0 bridgehead atoms. The lowest BCUT2D eigenvalue weighted by Crippen LogP contribution is -2.38. The van der Waals surface area contributed by atoms with Crippen LogP contribution in [0.15, 0.2) is 30.3 Å². The van der Waals surface area contributed by atoms with E-state index in [2.05, 4.69) is 5.32 Å². The van der Waals surface area contributed by atoms with Crippen molar-refractivity contribution in [1.82, 2.24) is 5.32 Å². The maximum atomic E-state index is 11.5. The molecule has 0 fully saturated rings. The molecular weight excluding hydrogens is 232 g/mol. The molecule has 5 heteroatoms. The molecule has 0 aromatic heterocycles. The molecule has 4 N–H and O–H groups in total. The number of hydrogen-bond acceptors (Lipinski definition) is 4. The van der Waals surface area contributed by atoms with Gasteiger partial charge in [0.05, 0.1) is 13.1 Å². The Morgan fingerprint density at radius 2 is 1.94 bits per heavy atom. The molecule has 0 saturated heterocycles. The number of carbonyl (C=O) groups excluding carboxylic acids is 2. The zero-order valence-electron chi connectivity index (χ0n) is 10.1. The summed E-state index contributed by atoms with van der Waals surface area (Å²) in [4.78, 5) is 22.3. The van der Waals surface area contributed by atoms with Gasteiger partial charge in [-0.05, 0) is 18.4 Å². The number of carbonyl (C=O) groups is 2. The van der Waals surface area contributed by atoms with Crippen LogP contribution < -0.4 is 11.1 Å². The summed E-state index contributed by atoms with van der Waals surface area (Å²) in [6, 6.07) is 9.60. The van der Waals surface area contributed by atoms with Crippen molar-refractivity contribution in [3.05, 3.63) is 35.9 Å². The third-order valence-electron chi connectivity index (χ3n) is 2.57. The van der Waals surface area contributed by atoms with Gasteiger partial charge in [-0.25, -0.2) is 0 Å². The third-order valence-corrected chi connectivity index (χ3v) is 2.57. The molecule has 98 valence electrons. The molecule has 1 unspecified atom stereocenters. The van der Waals surface area contributed by atoms with Crippen LogP contribution in [0.25, 0.3) is 0 Å². The average Bonchev–Trinajstić information content (AvgIpc) is 2.42. The molecule has 1 aromatic rings. The second-order valence-electron chi connectivity index (χ2n) is 3.99. The lowest BCUT2D eigenvalue weighted by molar-refractivity contribution is -0.129. The number of nitrogens with one attached hydrogen (secondary N) is 1. The summed E-state index contributed by atoms with van der Waals surface area (Å²) in [5, 5.41) is 12.0. The summed E-state index contributed by atoms with van der Waals surface area (Å²) in [5.74, 6) is -0.800. The second kappa shape index (κ2) is 7.58. The fourth-order valence-electron chi connectivity index (χ4n) is 1.48. The van der Waals surface area contributed by atoms with E-state index < -0.39 is 17.8 Å². The van der Waals surface area contributed by atoms with Gasteiger partial charge < -0.3 is 16.2 Å². The fraction of sp³-hybridized carbons (Fsp3) is 0.385. The van der Waals surface area contributed by atoms with E-state index in [-0.39, 0.29) is 13.1 Å². The van der Waals surface area contributed by atoms with Gasteiger partial charge in [0.25, 0.3) is 0 Å². The van der Waals surface area contributed by atoms with Crippen molar-refractivity contribution in [3.8, 4) is 0 Å². The summed E-state index contributed by atoms with van der Waals surface area (Å²) in [6.07, 6.45) is -0.0804. The van der Waals surface area contributed by atoms with Crippen molar-refractivity contribution in [2.75, 3.05) is 13.1 Å². The standard InChI is InChI=1S/C13H18N2O3/c14-8-13(18)15-9-12(17)11(16)7-6-10-4-2-1-3-5-10/h1-5,11,16H,6-9,14H2,(H,15,18). The molecule has 0 heterocycles. The number of aliphatic hydroxyl groups is 1. The summed E-state index contributed by atoms with van der Waals surface area (Å²) < 4.78 is 0. The smallest absolute Gasteiger partial charge is 0.234 e. The molecule has 0 aliphatic carbocycles. The molecule has 18 heavy (non-hydrogen) atoms. The first-order valence-corrected chi connectivity index (χ1v) is 5.85. The van der Waals surface area contributed by atoms with Crippen LogP contribution in [0, 0.1) is 0 Å². The average molecular weight is 250 g/mol. The molecule has 0 radical (unpaired) electrons. The predicted molar refractivity (Wildman–Crippen MR) is 67.8 cm³/mol. The summed E-state index contributed by atoms with van der Waals surface area (Å²) in [7, 11) is 0. The summed E-state index contributed by atoms with van der Waals surface area (Å²) in [5.41, 5.74) is 6.15. The van der Waals surface area contributed by atoms with Gasteiger partial charge in [0.1, 0.15) is 6.10 Å². The Hall–Kier alpha value is -1.72. The molecule has 0 saturated carbocycles. The van der Waals surface area contributed by atoms with Crippen LogP contribution in [0.1, 0.15) is 12.0 Å². The van der Waals surface area contributed by atoms with Crippen LogP contribution in [0.3, 0.4) is 0 Å². The third kappa shape index (κ3) is 5.07. The number of amides is 1. The van der Waals surface area contributed by atoms with E-state index in [1.165, 1.54) is 0 Å². The van der Waals surface area contributed by atoms with Gasteiger partial charge in [-0.2, -0.15) is 0 Å². The molecule has 0 aliphatic rings. The van der Waals surface area contributed by atoms with Gasteiger partial charge in [0, 0.05) is 0 Å². The number of rotatable bonds is 7. The number of ketones is 1. The Morgan fingerprint density at radius 3 is 2.56 bits per heavy atom. The van der Waals surface area contributed by atoms with E-state index in [1.54, 1.807) is 0 Å². The minimum Gasteiger partial charge on any atom is -0.385 e. The van der Waals surface area contributed by atoms with Crippen LogP contribution in [0.4, 0.5) is 0 Å². The van der Waals surface area contributed by atoms with Gasteiger partial charge in [0.15, 0.2) is 5.78 Å². The Morgan fingerprint density at radius 1 is 1.28 bits per heavy atom. The van der Waals surface area contributed by atoms with Gasteiger partial charge >= 0.3 is 0 Å². The lowest BCUT2D eigenvalue weighted by atomic mass is 10.0. The van der Waals surface area contributed by atoms with Crippen LogP contribution in [-0.4, -0.2) is 36.0 Å². The fourth-order valence-corrected chi connectivity index (χ4v) is 1.48. The number of aliphatic hydroxyl groups excluding tert-OH is 1. The molecule has 1 amide bonds. The Balaban J connectivity index is 2.30. The number of Topliss-reactive ketones (excluding diaryl/α,β-unsaturated/α-hetero) is 1. The first-order chi connectivity index (χ1) is 8.63. The molecular formula is C13H18N2O3. The normalized spacial score (nSPS) is 11.9. The molecule has 5 nitrogen and oxygen atoms in total. The first-order valence-electron chi connectivity index (χ1n) is 5.85. The molecule has 1 aromatic carbocycles. The lowest BCUT2D eigenvalue weighted by Gasteiger charge is -2.10. The zero-order chi connectivity index (χ0) is 13.4. The Kier molecular flexibility index (Phi) is 6.04. The highest BCUT2D eigenvalue weighted by atomic mass is 16.3. The van der Waals surface area contributed by atoms with E-state index in [1.807, 2.05) is 30.3 Å². The monoisotopic (exact) mass is 250 g/mol. The minimum absolute atomic E-state index is 0.159. The van der Waals surface area contributed by atoms with Crippen molar-refractivity contribution in [2.24, 2.45) is 5.73 Å². The first kappa shape index (κ1) is 14.3. The van der Waals surface area contributed by atoms with E-state index in [0.29, 0.717) is 12.8 Å². The van der Waals surface area contributed by atoms with Gasteiger partial charge in [-0.15, -0.1) is 0 Å². The van der Waals surface area contributed by atoms with E-state index >= 15 is 0 Å². The molecule has 1 atom stereocenters. The van der Waals surface area contributed by atoms with E-state index in [0.717, 1.165) is 5.56 Å². The number of benzene rings is 1. The van der Waals surface area contributed by atoms with Crippen molar-refractivity contribution in [3.63, 3.8) is 0 Å². The van der Waals surface area contributed by atoms with Crippen molar-refractivity contribution in [2.45, 2.75) is 18.9 Å². The van der Waals surface area contributed by atoms with Crippen LogP contribution >= 0.6 is 0 Å². The Bertz CT molecular complexity index is 392. The van der Waals surface area contributed by atoms with Crippen molar-refractivity contribution < 1.29 is 14.7 Å². The van der Waals surface area contributed by atoms with E-state index in [9.17, 15) is 14.7 Å². The second-order valence-corrected chi connectivity index (χ2v) is 3.99. The highest BCUT2D eigenvalue weighted by molar-refractivity contribution is 5.89. The highest BCUT2D eigenvalue weighted by Gasteiger charge is 2.15. The SMILES string of the molecule is NCC(=O)NCC(=O)C(O)CCc1ccccc1. The van der Waals surface area contributed by atoms with Crippen LogP contribution in [-0.2, 0) is 16.0 Å². The summed E-state index contributed by atoms with van der Waals surface area (Å²) in [6.45, 7) is -0.334. The van der Waals surface area contributed by atoms with Gasteiger partial charge in [0.2, 0.25) is 5.91 Å². The van der Waals surface area contributed by atoms with Crippen molar-refractivity contribution in [1.29, 1.82) is 0 Å². The maximum Gasteiger partial charge on any atom is 0.234 e. The van der Waals surface area contributed by atoms with Gasteiger partial charge in [-0.1, -0.05) is 30.3 Å². The highest BCUT2D eigenvalue weighted by Crippen LogP contribution is 2.05. The molecule has 0 spiro atoms. The molecule has 1 rings (SSSR count). The Labute approximate surface area is 106 Å². The quantitative estimate of drug-likeness (QED) is 0.615. The topological polar surface area (TPSA) is 92.4 Å². The summed E-state index contributed by atoms with van der Waals surface area (Å²) >= 11 is 0. The number of aryl methyl sites for hydroxylation is 1. The molecule has 0 aliphatic heterocycles.